The molecule has 0 bridgehead atoms. The van der Waals surface area contributed by atoms with Crippen molar-refractivity contribution in [1.82, 2.24) is 4.98 Å². The van der Waals surface area contributed by atoms with Crippen molar-refractivity contribution < 1.29 is 0 Å². The number of benzene rings is 2. The summed E-state index contributed by atoms with van der Waals surface area (Å²) >= 11 is 5.87. The zero-order chi connectivity index (χ0) is 13.8. The predicted molar refractivity (Wildman–Crippen MR) is 85.4 cm³/mol. The van der Waals surface area contributed by atoms with Gasteiger partial charge in [-0.3, -0.25) is 4.98 Å². The fraction of sp³-hybridized carbons (Fsp3) is 0.118. The lowest BCUT2D eigenvalue weighted by Crippen LogP contribution is -2.05. The molecule has 1 N–H and O–H groups in total. The van der Waals surface area contributed by atoms with Crippen LogP contribution in [0.2, 0.25) is 5.02 Å². The molecule has 0 atom stereocenters. The van der Waals surface area contributed by atoms with E-state index in [1.165, 1.54) is 5.56 Å². The standard InChI is InChI=1S/C17H15ClN2/c18-15-7-5-13(6-8-15)9-10-19-16-11-14-3-1-2-4-17(14)20-12-16/h1-8,11-12,19H,9-10H2. The van der Waals surface area contributed by atoms with Gasteiger partial charge in [0.25, 0.3) is 0 Å². The Morgan fingerprint density at radius 1 is 1.00 bits per heavy atom. The molecule has 20 heavy (non-hydrogen) atoms. The second kappa shape index (κ2) is 5.93. The van der Waals surface area contributed by atoms with Gasteiger partial charge in [-0.25, -0.2) is 0 Å². The smallest absolute Gasteiger partial charge is 0.0703 e. The number of nitrogens with one attached hydrogen (secondary N) is 1. The largest absolute Gasteiger partial charge is 0.383 e. The number of aromatic nitrogens is 1. The number of anilines is 1. The van der Waals surface area contributed by atoms with Crippen molar-refractivity contribution in [2.75, 3.05) is 11.9 Å². The Bertz CT molecular complexity index is 708. The van der Waals surface area contributed by atoms with Gasteiger partial charge in [0.2, 0.25) is 0 Å². The summed E-state index contributed by atoms with van der Waals surface area (Å²) in [5, 5.41) is 5.34. The second-order valence-electron chi connectivity index (χ2n) is 4.72. The monoisotopic (exact) mass is 282 g/mol. The van der Waals surface area contributed by atoms with Crippen molar-refractivity contribution in [2.45, 2.75) is 6.42 Å². The molecule has 100 valence electrons. The van der Waals surface area contributed by atoms with Gasteiger partial charge in [-0.2, -0.15) is 0 Å². The molecule has 0 saturated heterocycles. The van der Waals surface area contributed by atoms with Gasteiger partial charge in [-0.15, -0.1) is 0 Å². The summed E-state index contributed by atoms with van der Waals surface area (Å²) in [6.45, 7) is 0.877. The molecule has 3 rings (SSSR count). The molecule has 0 aliphatic heterocycles. The SMILES string of the molecule is Clc1ccc(CCNc2cnc3ccccc3c2)cc1. The van der Waals surface area contributed by atoms with E-state index in [9.17, 15) is 0 Å². The number of rotatable bonds is 4. The zero-order valence-electron chi connectivity index (χ0n) is 11.0. The van der Waals surface area contributed by atoms with E-state index in [1.807, 2.05) is 36.5 Å². The topological polar surface area (TPSA) is 24.9 Å². The van der Waals surface area contributed by atoms with Crippen molar-refractivity contribution in [3.05, 3.63) is 71.4 Å². The van der Waals surface area contributed by atoms with Crippen molar-refractivity contribution in [1.29, 1.82) is 0 Å². The van der Waals surface area contributed by atoms with Gasteiger partial charge in [0.05, 0.1) is 17.4 Å². The molecular formula is C17H15ClN2. The van der Waals surface area contributed by atoms with Crippen LogP contribution in [0.4, 0.5) is 5.69 Å². The van der Waals surface area contributed by atoms with Crippen LogP contribution in [0.15, 0.2) is 60.8 Å². The average molecular weight is 283 g/mol. The first-order valence-corrected chi connectivity index (χ1v) is 7.02. The third kappa shape index (κ3) is 3.09. The van der Waals surface area contributed by atoms with Crippen LogP contribution in [0.5, 0.6) is 0 Å². The highest BCUT2D eigenvalue weighted by Crippen LogP contribution is 2.16. The van der Waals surface area contributed by atoms with E-state index >= 15 is 0 Å². The Hall–Kier alpha value is -2.06. The Morgan fingerprint density at radius 3 is 2.65 bits per heavy atom. The van der Waals surface area contributed by atoms with Gasteiger partial charge in [0.1, 0.15) is 0 Å². The van der Waals surface area contributed by atoms with E-state index in [1.54, 1.807) is 0 Å². The van der Waals surface area contributed by atoms with E-state index < -0.39 is 0 Å². The molecule has 0 radical (unpaired) electrons. The molecule has 3 heteroatoms. The van der Waals surface area contributed by atoms with Gasteiger partial charge in [0.15, 0.2) is 0 Å². The van der Waals surface area contributed by atoms with Crippen molar-refractivity contribution in [3.63, 3.8) is 0 Å². The average Bonchev–Trinajstić information content (AvgIpc) is 2.49. The van der Waals surface area contributed by atoms with E-state index in [-0.39, 0.29) is 0 Å². The van der Waals surface area contributed by atoms with Crippen LogP contribution in [0, 0.1) is 0 Å². The summed E-state index contributed by atoms with van der Waals surface area (Å²) in [7, 11) is 0. The molecule has 0 saturated carbocycles. The molecule has 0 unspecified atom stereocenters. The van der Waals surface area contributed by atoms with Crippen LogP contribution >= 0.6 is 11.6 Å². The van der Waals surface area contributed by atoms with Gasteiger partial charge in [0, 0.05) is 17.0 Å². The van der Waals surface area contributed by atoms with Crippen LogP contribution in [-0.4, -0.2) is 11.5 Å². The number of nitrogens with zero attached hydrogens (tertiary/aromatic N) is 1. The number of para-hydroxylation sites is 1. The number of fused-ring (bicyclic) bond motifs is 1. The van der Waals surface area contributed by atoms with E-state index in [2.05, 4.69) is 34.6 Å². The number of halogens is 1. The highest BCUT2D eigenvalue weighted by molar-refractivity contribution is 6.30. The maximum atomic E-state index is 5.87. The molecule has 0 aliphatic carbocycles. The molecule has 0 spiro atoms. The van der Waals surface area contributed by atoms with Crippen molar-refractivity contribution in [2.24, 2.45) is 0 Å². The third-order valence-electron chi connectivity index (χ3n) is 3.25. The maximum absolute atomic E-state index is 5.87. The van der Waals surface area contributed by atoms with Crippen LogP contribution in [-0.2, 0) is 6.42 Å². The van der Waals surface area contributed by atoms with Gasteiger partial charge in [-0.05, 0) is 36.2 Å². The summed E-state index contributed by atoms with van der Waals surface area (Å²) in [4.78, 5) is 4.44. The normalized spacial score (nSPS) is 10.7. The van der Waals surface area contributed by atoms with Crippen LogP contribution in [0.1, 0.15) is 5.56 Å². The van der Waals surface area contributed by atoms with Gasteiger partial charge < -0.3 is 5.32 Å². The fourth-order valence-electron chi connectivity index (χ4n) is 2.17. The van der Waals surface area contributed by atoms with E-state index in [4.69, 9.17) is 11.6 Å². The summed E-state index contributed by atoms with van der Waals surface area (Å²) in [5.74, 6) is 0. The Balaban J connectivity index is 1.63. The first kappa shape index (κ1) is 12.9. The highest BCUT2D eigenvalue weighted by Gasteiger charge is 1.98. The lowest BCUT2D eigenvalue weighted by atomic mass is 10.1. The van der Waals surface area contributed by atoms with Crippen LogP contribution in [0.3, 0.4) is 0 Å². The first-order valence-electron chi connectivity index (χ1n) is 6.64. The molecule has 0 fully saturated rings. The van der Waals surface area contributed by atoms with Crippen LogP contribution < -0.4 is 5.32 Å². The van der Waals surface area contributed by atoms with Crippen LogP contribution in [0.25, 0.3) is 10.9 Å². The molecule has 1 heterocycles. The Morgan fingerprint density at radius 2 is 1.80 bits per heavy atom. The minimum atomic E-state index is 0.778. The van der Waals surface area contributed by atoms with Gasteiger partial charge in [-0.1, -0.05) is 41.9 Å². The maximum Gasteiger partial charge on any atom is 0.0703 e. The number of pyridine rings is 1. The third-order valence-corrected chi connectivity index (χ3v) is 3.50. The Kier molecular flexibility index (Phi) is 3.84. The second-order valence-corrected chi connectivity index (χ2v) is 5.16. The number of hydrogen-bond donors (Lipinski definition) is 1. The molecule has 2 nitrogen and oxygen atoms in total. The van der Waals surface area contributed by atoms with E-state index in [0.29, 0.717) is 0 Å². The summed E-state index contributed by atoms with van der Waals surface area (Å²) in [5.41, 5.74) is 3.35. The first-order chi connectivity index (χ1) is 9.81. The van der Waals surface area contributed by atoms with E-state index in [0.717, 1.165) is 34.6 Å². The zero-order valence-corrected chi connectivity index (χ0v) is 11.8. The predicted octanol–water partition coefficient (Wildman–Crippen LogP) is 4.54. The highest BCUT2D eigenvalue weighted by atomic mass is 35.5. The van der Waals surface area contributed by atoms with Gasteiger partial charge >= 0.3 is 0 Å². The summed E-state index contributed by atoms with van der Waals surface area (Å²) in [6, 6.07) is 18.2. The molecule has 3 aromatic rings. The molecule has 0 aliphatic rings. The summed E-state index contributed by atoms with van der Waals surface area (Å²) < 4.78 is 0. The lowest BCUT2D eigenvalue weighted by Gasteiger charge is -2.07. The molecule has 1 aromatic heterocycles. The molecule has 2 aromatic carbocycles. The quantitative estimate of drug-likeness (QED) is 0.760. The fourth-order valence-corrected chi connectivity index (χ4v) is 2.30. The lowest BCUT2D eigenvalue weighted by molar-refractivity contribution is 1.02. The summed E-state index contributed by atoms with van der Waals surface area (Å²) in [6.07, 6.45) is 2.84. The minimum absolute atomic E-state index is 0.778. The minimum Gasteiger partial charge on any atom is -0.383 e. The Labute approximate surface area is 123 Å². The number of hydrogen-bond acceptors (Lipinski definition) is 2. The van der Waals surface area contributed by atoms with Crippen molar-refractivity contribution >= 4 is 28.2 Å². The molecular weight excluding hydrogens is 268 g/mol. The van der Waals surface area contributed by atoms with Crippen molar-refractivity contribution in [3.8, 4) is 0 Å². The molecule has 0 amide bonds.